The lowest BCUT2D eigenvalue weighted by Crippen LogP contribution is -2.44. The first kappa shape index (κ1) is 33.7. The van der Waals surface area contributed by atoms with E-state index in [1.807, 2.05) is 55.6 Å². The average Bonchev–Trinajstić information content (AvgIpc) is 3.49. The summed E-state index contributed by atoms with van der Waals surface area (Å²) < 4.78 is 19.7. The third-order valence-corrected chi connectivity index (χ3v) is 9.20. The van der Waals surface area contributed by atoms with Crippen molar-refractivity contribution in [1.82, 2.24) is 30.1 Å². The van der Waals surface area contributed by atoms with Crippen LogP contribution in [0, 0.1) is 5.41 Å². The van der Waals surface area contributed by atoms with Gasteiger partial charge in [0.15, 0.2) is 5.65 Å². The van der Waals surface area contributed by atoms with E-state index < -0.39 is 0 Å². The van der Waals surface area contributed by atoms with Gasteiger partial charge in [-0.15, -0.1) is 10.2 Å². The molecule has 258 valence electrons. The molecule has 3 atom stereocenters. The van der Waals surface area contributed by atoms with Crippen LogP contribution in [0.15, 0.2) is 59.4 Å². The number of benzene rings is 1. The number of nitrogens with two attached hydrogens (primary N) is 1. The number of morpholine rings is 2. The van der Waals surface area contributed by atoms with Gasteiger partial charge < -0.3 is 30.2 Å². The van der Waals surface area contributed by atoms with E-state index in [2.05, 4.69) is 49.7 Å². The maximum Gasteiger partial charge on any atom is 0.320 e. The summed E-state index contributed by atoms with van der Waals surface area (Å²) in [4.78, 5) is 22.7. The highest BCUT2D eigenvalue weighted by Gasteiger charge is 2.30. The number of amides is 2. The van der Waals surface area contributed by atoms with E-state index in [9.17, 15) is 4.79 Å². The van der Waals surface area contributed by atoms with E-state index >= 15 is 0 Å². The smallest absolute Gasteiger partial charge is 0.320 e. The van der Waals surface area contributed by atoms with Crippen molar-refractivity contribution in [2.75, 3.05) is 64.1 Å². The normalized spacial score (nSPS) is 22.8. The molecule has 2 amide bonds. The molecule has 13 nitrogen and oxygen atoms in total. The van der Waals surface area contributed by atoms with E-state index in [4.69, 9.17) is 24.9 Å². The monoisotopic (exact) mass is 659 g/mol. The number of rotatable bonds is 8. The van der Waals surface area contributed by atoms with Crippen LogP contribution in [0.1, 0.15) is 63.8 Å². The minimum absolute atomic E-state index is 0.172. The van der Waals surface area contributed by atoms with Gasteiger partial charge in [0.1, 0.15) is 17.7 Å². The molecule has 0 saturated carbocycles. The van der Waals surface area contributed by atoms with Crippen LogP contribution in [-0.4, -0.2) is 96.6 Å². The first-order valence-electron chi connectivity index (χ1n) is 17.0. The van der Waals surface area contributed by atoms with Gasteiger partial charge in [0.25, 0.3) is 0 Å². The number of anilines is 1. The van der Waals surface area contributed by atoms with Crippen LogP contribution in [0.4, 0.5) is 10.7 Å². The van der Waals surface area contributed by atoms with Gasteiger partial charge in [-0.05, 0) is 49.1 Å². The summed E-state index contributed by atoms with van der Waals surface area (Å²) in [5, 5.41) is 15.0. The minimum Gasteiger partial charge on any atom is -0.484 e. The van der Waals surface area contributed by atoms with E-state index in [0.29, 0.717) is 37.7 Å². The Balaban J connectivity index is 1.14. The van der Waals surface area contributed by atoms with Gasteiger partial charge in [0, 0.05) is 37.3 Å². The lowest BCUT2D eigenvalue weighted by atomic mass is 9.85. The number of nitrogens with zero attached hydrogens (tertiary/aromatic N) is 6. The molecule has 0 spiro atoms. The molecule has 48 heavy (non-hydrogen) atoms. The third-order valence-electron chi connectivity index (χ3n) is 9.20. The molecule has 0 bridgehead atoms. The van der Waals surface area contributed by atoms with Gasteiger partial charge in [0.2, 0.25) is 5.95 Å². The molecule has 0 unspecified atom stereocenters. The van der Waals surface area contributed by atoms with Gasteiger partial charge in [0.05, 0.1) is 51.3 Å². The van der Waals surface area contributed by atoms with E-state index in [1.165, 1.54) is 0 Å². The number of hydrogen-bond acceptors (Lipinski definition) is 10. The number of nitrogens with one attached hydrogen (secondary N) is 2. The Kier molecular flexibility index (Phi) is 10.5. The molecule has 2 aliphatic heterocycles. The lowest BCUT2D eigenvalue weighted by molar-refractivity contribution is 0.0394. The van der Waals surface area contributed by atoms with Gasteiger partial charge >= 0.3 is 6.03 Å². The number of urea groups is 1. The van der Waals surface area contributed by atoms with Crippen LogP contribution in [-0.2, 0) is 9.47 Å². The number of carbonyl (C=O) groups is 1. The number of pyridine rings is 1. The summed E-state index contributed by atoms with van der Waals surface area (Å²) in [5.74, 6) is 1.97. The fourth-order valence-corrected chi connectivity index (χ4v) is 6.27. The van der Waals surface area contributed by atoms with Crippen molar-refractivity contribution >= 4 is 23.5 Å². The molecular formula is C35H49N9O4. The third kappa shape index (κ3) is 8.08. The maximum atomic E-state index is 13.4. The highest BCUT2D eigenvalue weighted by molar-refractivity contribution is 6.04. The Labute approximate surface area is 282 Å². The highest BCUT2D eigenvalue weighted by Crippen LogP contribution is 2.39. The predicted molar refractivity (Wildman–Crippen MR) is 185 cm³/mol. The number of carbonyl (C=O) groups excluding carboxylic acids is 1. The molecule has 3 aromatic rings. The molecule has 2 fully saturated rings. The van der Waals surface area contributed by atoms with Gasteiger partial charge in [-0.1, -0.05) is 45.0 Å². The quantitative estimate of drug-likeness (QED) is 0.243. The molecule has 6 rings (SSSR count). The zero-order chi connectivity index (χ0) is 33.7. The van der Waals surface area contributed by atoms with Crippen molar-refractivity contribution in [2.45, 2.75) is 58.7 Å². The first-order chi connectivity index (χ1) is 23.2. The van der Waals surface area contributed by atoms with Crippen LogP contribution in [0.3, 0.4) is 0 Å². The predicted octanol–water partition coefficient (Wildman–Crippen LogP) is 3.83. The Hall–Kier alpha value is -4.20. The van der Waals surface area contributed by atoms with Crippen LogP contribution < -0.4 is 26.0 Å². The van der Waals surface area contributed by atoms with Crippen LogP contribution >= 0.6 is 0 Å². The molecule has 4 heterocycles. The zero-order valence-corrected chi connectivity index (χ0v) is 28.5. The van der Waals surface area contributed by atoms with Gasteiger partial charge in [-0.3, -0.25) is 19.6 Å². The molecule has 1 aliphatic carbocycles. The Morgan fingerprint density at radius 2 is 1.83 bits per heavy atom. The topological polar surface area (TPSA) is 144 Å². The second-order valence-electron chi connectivity index (χ2n) is 13.7. The number of fused-ring (bicyclic) bond motifs is 2. The van der Waals surface area contributed by atoms with E-state index in [0.717, 1.165) is 74.3 Å². The highest BCUT2D eigenvalue weighted by atomic mass is 16.5. The number of amidine groups is 1. The van der Waals surface area contributed by atoms with Gasteiger partial charge in [-0.25, -0.2) is 4.79 Å². The number of ether oxygens (including phenoxy) is 3. The number of aliphatic imine (C=N–C) groups is 1. The lowest BCUT2D eigenvalue weighted by Gasteiger charge is -2.33. The number of aromatic nitrogens is 3. The summed E-state index contributed by atoms with van der Waals surface area (Å²) >= 11 is 0. The van der Waals surface area contributed by atoms with Crippen molar-refractivity contribution in [3.05, 3.63) is 65.5 Å². The Morgan fingerprint density at radius 3 is 2.60 bits per heavy atom. The second-order valence-corrected chi connectivity index (χ2v) is 13.7. The van der Waals surface area contributed by atoms with Crippen LogP contribution in [0.2, 0.25) is 0 Å². The summed E-state index contributed by atoms with van der Waals surface area (Å²) in [6.45, 7) is 14.9. The molecule has 3 aliphatic rings. The molecule has 13 heteroatoms. The van der Waals surface area contributed by atoms with Crippen molar-refractivity contribution in [1.29, 1.82) is 0 Å². The summed E-state index contributed by atoms with van der Waals surface area (Å²) in [6, 6.07) is 11.7. The van der Waals surface area contributed by atoms with Crippen LogP contribution in [0.5, 0.6) is 5.75 Å². The zero-order valence-electron chi connectivity index (χ0n) is 28.5. The van der Waals surface area contributed by atoms with Crippen LogP contribution in [0.25, 0.3) is 5.65 Å². The van der Waals surface area contributed by atoms with Gasteiger partial charge in [-0.2, -0.15) is 0 Å². The van der Waals surface area contributed by atoms with Crippen molar-refractivity contribution in [3.63, 3.8) is 0 Å². The first-order valence-corrected chi connectivity index (χ1v) is 17.0. The second kappa shape index (κ2) is 14.9. The molecule has 2 saturated heterocycles. The molecular weight excluding hydrogens is 610 g/mol. The summed E-state index contributed by atoms with van der Waals surface area (Å²) in [7, 11) is 0. The SMILES string of the molecule is C[C@H]1COCCN1c1nnc2ccc(O[C@@H]3CC[C@H](NC(=O)NC(/C=C(\N)C(C)(C)C)=NCCN4CCOCC4)c4ccccc43)cn12. The largest absolute Gasteiger partial charge is 0.484 e. The fourth-order valence-electron chi connectivity index (χ4n) is 6.27. The molecule has 1 aromatic carbocycles. The fraction of sp³-hybridized carbons (Fsp3) is 0.543. The Morgan fingerprint density at radius 1 is 1.06 bits per heavy atom. The van der Waals surface area contributed by atoms with E-state index in [-0.39, 0.29) is 29.6 Å². The number of allylic oxidation sites excluding steroid dienone is 1. The van der Waals surface area contributed by atoms with Crippen molar-refractivity contribution in [2.24, 2.45) is 16.1 Å². The Bertz CT molecular complexity index is 1630. The maximum absolute atomic E-state index is 13.4. The minimum atomic E-state index is -0.319. The van der Waals surface area contributed by atoms with Crippen molar-refractivity contribution in [3.8, 4) is 5.75 Å². The summed E-state index contributed by atoms with van der Waals surface area (Å²) in [6.07, 6.45) is 5.00. The van der Waals surface area contributed by atoms with Crippen molar-refractivity contribution < 1.29 is 19.0 Å². The molecule has 0 radical (unpaired) electrons. The molecule has 2 aromatic heterocycles. The number of hydrogen-bond donors (Lipinski definition) is 3. The van der Waals surface area contributed by atoms with E-state index in [1.54, 1.807) is 6.08 Å². The average molecular weight is 660 g/mol. The summed E-state index contributed by atoms with van der Waals surface area (Å²) in [5.41, 5.74) is 9.63. The standard InChI is InChI=1S/C35H49N9O4/c1-24-23-47-20-17-43(24)34-41-40-32-12-9-25(22-44(32)34)48-29-11-10-28(26-7-5-6-8-27(26)29)38-33(45)39-31(21-30(36)35(2,3)4)37-13-14-42-15-18-46-19-16-42/h5-9,12,21-22,24,28-29H,10-11,13-20,23,36H2,1-4H3,(H2,37,38,39,45)/b30-21-/t24-,28-,29+/m0/s1. The molecule has 4 N–H and O–H groups in total.